The molecule has 0 bridgehead atoms. The lowest BCUT2D eigenvalue weighted by molar-refractivity contribution is 1.28. The number of benzene rings is 8. The number of para-hydroxylation sites is 2. The Morgan fingerprint density at radius 1 is 0.321 bits per heavy atom. The van der Waals surface area contributed by atoms with Crippen molar-refractivity contribution >= 4 is 52.6 Å². The molecular weight excluding hydrogens is 657 g/mol. The van der Waals surface area contributed by atoms with Crippen molar-refractivity contribution in [2.45, 2.75) is 13.1 Å². The summed E-state index contributed by atoms with van der Waals surface area (Å²) in [5.74, 6) is 0. The van der Waals surface area contributed by atoms with Crippen molar-refractivity contribution < 1.29 is 0 Å². The van der Waals surface area contributed by atoms with Crippen molar-refractivity contribution in [2.75, 3.05) is 9.80 Å². The first kappa shape index (κ1) is 32.5. The molecule has 254 valence electrons. The monoisotopic (exact) mass is 696 g/mol. The molecule has 1 aliphatic heterocycles. The van der Waals surface area contributed by atoms with Gasteiger partial charge in [-0.1, -0.05) is 153 Å². The van der Waals surface area contributed by atoms with E-state index in [1.165, 1.54) is 55.1 Å². The molecule has 0 spiro atoms. The molecule has 0 atom stereocenters. The molecule has 8 aromatic carbocycles. The van der Waals surface area contributed by atoms with E-state index in [4.69, 9.17) is 0 Å². The first-order valence-corrected chi connectivity index (χ1v) is 21.4. The second kappa shape index (κ2) is 13.6. The molecule has 0 saturated carbocycles. The highest BCUT2D eigenvalue weighted by atomic mass is 28.3. The normalized spacial score (nSPS) is 12.5. The Morgan fingerprint density at radius 3 is 1.26 bits per heavy atom. The van der Waals surface area contributed by atoms with Gasteiger partial charge in [0, 0.05) is 34.0 Å². The summed E-state index contributed by atoms with van der Waals surface area (Å²) in [4.78, 5) is 4.83. The van der Waals surface area contributed by atoms with Gasteiger partial charge in [-0.3, -0.25) is 0 Å². The van der Waals surface area contributed by atoms with Crippen molar-refractivity contribution in [3.8, 4) is 33.4 Å². The van der Waals surface area contributed by atoms with E-state index in [9.17, 15) is 0 Å². The van der Waals surface area contributed by atoms with Gasteiger partial charge in [-0.2, -0.15) is 0 Å². The van der Waals surface area contributed by atoms with Crippen LogP contribution in [0.2, 0.25) is 13.1 Å². The van der Waals surface area contributed by atoms with E-state index in [1.54, 1.807) is 0 Å². The third-order valence-corrected chi connectivity index (χ3v) is 14.2. The summed E-state index contributed by atoms with van der Waals surface area (Å²) < 4.78 is 0. The van der Waals surface area contributed by atoms with Gasteiger partial charge in [0.25, 0.3) is 0 Å². The molecule has 0 aliphatic carbocycles. The largest absolute Gasteiger partial charge is 0.311 e. The molecule has 0 saturated heterocycles. The average molecular weight is 697 g/mol. The molecule has 0 N–H and O–H groups in total. The molecule has 3 heteroatoms. The molecule has 1 aliphatic rings. The summed E-state index contributed by atoms with van der Waals surface area (Å²) >= 11 is 0. The van der Waals surface area contributed by atoms with E-state index in [0.717, 1.165) is 22.7 Å². The fourth-order valence-electron chi connectivity index (χ4n) is 7.98. The summed E-state index contributed by atoms with van der Waals surface area (Å²) in [6.07, 6.45) is 0. The lowest BCUT2D eigenvalue weighted by Gasteiger charge is -2.28. The second-order valence-corrected chi connectivity index (χ2v) is 18.5. The maximum absolute atomic E-state index is 2.51. The summed E-state index contributed by atoms with van der Waals surface area (Å²) in [6, 6.07) is 74.8. The smallest absolute Gasteiger partial charge is 0.114 e. The van der Waals surface area contributed by atoms with Gasteiger partial charge in [-0.15, -0.1) is 0 Å². The van der Waals surface area contributed by atoms with Crippen LogP contribution in [0.5, 0.6) is 0 Å². The van der Waals surface area contributed by atoms with E-state index < -0.39 is 8.07 Å². The SMILES string of the molecule is C[Si]1(C)c2cc(N(c3ccccc3)c3ccc(-c4ccccc4)cc3)ccc2-c2c(N(c3ccccc3)c3ccc(-c4ccccc4)cc3)cccc21. The highest BCUT2D eigenvalue weighted by Crippen LogP contribution is 2.45. The Kier molecular flexibility index (Phi) is 8.34. The lowest BCUT2D eigenvalue weighted by atomic mass is 10.00. The fraction of sp³-hybridized carbons (Fsp3) is 0.0400. The molecular formula is C50H40N2Si. The molecule has 0 unspecified atom stereocenters. The first-order valence-electron chi connectivity index (χ1n) is 18.4. The van der Waals surface area contributed by atoms with E-state index in [0.29, 0.717) is 0 Å². The van der Waals surface area contributed by atoms with E-state index in [1.807, 2.05) is 0 Å². The fourth-order valence-corrected chi connectivity index (χ4v) is 11.1. The van der Waals surface area contributed by atoms with E-state index in [-0.39, 0.29) is 0 Å². The Bertz CT molecular complexity index is 2500. The maximum atomic E-state index is 2.51. The van der Waals surface area contributed by atoms with Crippen molar-refractivity contribution in [2.24, 2.45) is 0 Å². The van der Waals surface area contributed by atoms with Crippen LogP contribution in [0.4, 0.5) is 34.1 Å². The van der Waals surface area contributed by atoms with Crippen LogP contribution in [0.15, 0.2) is 206 Å². The minimum atomic E-state index is -2.10. The highest BCUT2D eigenvalue weighted by Gasteiger charge is 2.40. The second-order valence-electron chi connectivity index (χ2n) is 14.2. The minimum Gasteiger partial charge on any atom is -0.311 e. The van der Waals surface area contributed by atoms with Gasteiger partial charge in [0.05, 0.1) is 5.69 Å². The van der Waals surface area contributed by atoms with Gasteiger partial charge in [0.15, 0.2) is 0 Å². The van der Waals surface area contributed by atoms with Gasteiger partial charge >= 0.3 is 0 Å². The number of hydrogen-bond donors (Lipinski definition) is 0. The van der Waals surface area contributed by atoms with Crippen molar-refractivity contribution in [1.82, 2.24) is 0 Å². The Hall–Kier alpha value is -6.42. The van der Waals surface area contributed by atoms with Gasteiger partial charge in [-0.05, 0) is 105 Å². The van der Waals surface area contributed by atoms with Crippen LogP contribution < -0.4 is 20.2 Å². The Balaban J connectivity index is 1.16. The molecule has 1 heterocycles. The van der Waals surface area contributed by atoms with Crippen LogP contribution in [-0.4, -0.2) is 8.07 Å². The summed E-state index contributed by atoms with van der Waals surface area (Å²) in [7, 11) is -2.10. The number of fused-ring (bicyclic) bond motifs is 3. The third-order valence-electron chi connectivity index (χ3n) is 10.7. The number of nitrogens with zero attached hydrogens (tertiary/aromatic N) is 2. The Labute approximate surface area is 313 Å². The van der Waals surface area contributed by atoms with Crippen molar-refractivity contribution in [1.29, 1.82) is 0 Å². The zero-order valence-corrected chi connectivity index (χ0v) is 31.0. The molecule has 0 radical (unpaired) electrons. The zero-order chi connectivity index (χ0) is 35.8. The number of anilines is 6. The van der Waals surface area contributed by atoms with Crippen molar-refractivity contribution in [3.05, 3.63) is 206 Å². The summed E-state index contributed by atoms with van der Waals surface area (Å²) in [5, 5.41) is 2.94. The molecule has 0 fully saturated rings. The standard InChI is InChI=1S/C50H40N2Si/c1-53(2)48-25-15-24-47(52(42-22-13-6-14-23-42)44-32-28-40(29-33-44)38-18-9-4-10-19-38)50(48)46-35-34-45(36-49(46)53)51(41-20-11-5-12-21-41)43-30-26-39(27-31-43)37-16-7-3-8-17-37/h3-36H,1-2H3. The predicted molar refractivity (Wildman–Crippen MR) is 229 cm³/mol. The van der Waals surface area contributed by atoms with Gasteiger partial charge < -0.3 is 9.80 Å². The molecule has 53 heavy (non-hydrogen) atoms. The first-order chi connectivity index (χ1) is 26.1. The highest BCUT2D eigenvalue weighted by molar-refractivity contribution is 7.04. The van der Waals surface area contributed by atoms with Crippen LogP contribution in [0.1, 0.15) is 0 Å². The van der Waals surface area contributed by atoms with Crippen LogP contribution in [-0.2, 0) is 0 Å². The number of rotatable bonds is 8. The minimum absolute atomic E-state index is 1.14. The van der Waals surface area contributed by atoms with Gasteiger partial charge in [-0.25, -0.2) is 0 Å². The van der Waals surface area contributed by atoms with Gasteiger partial charge in [0.1, 0.15) is 8.07 Å². The zero-order valence-electron chi connectivity index (χ0n) is 30.0. The Morgan fingerprint density at radius 2 is 0.736 bits per heavy atom. The van der Waals surface area contributed by atoms with Crippen LogP contribution >= 0.6 is 0 Å². The molecule has 0 aromatic heterocycles. The topological polar surface area (TPSA) is 6.48 Å². The van der Waals surface area contributed by atoms with Crippen LogP contribution in [0.25, 0.3) is 33.4 Å². The lowest BCUT2D eigenvalue weighted by Crippen LogP contribution is -2.49. The third kappa shape index (κ3) is 5.95. The average Bonchev–Trinajstić information content (AvgIpc) is 3.46. The van der Waals surface area contributed by atoms with Crippen LogP contribution in [0.3, 0.4) is 0 Å². The molecule has 9 rings (SSSR count). The quantitative estimate of drug-likeness (QED) is 0.146. The van der Waals surface area contributed by atoms with Crippen molar-refractivity contribution in [3.63, 3.8) is 0 Å². The van der Waals surface area contributed by atoms with Gasteiger partial charge in [0.2, 0.25) is 0 Å². The van der Waals surface area contributed by atoms with Crippen LogP contribution in [0, 0.1) is 0 Å². The van der Waals surface area contributed by atoms with E-state index >= 15 is 0 Å². The number of hydrogen-bond acceptors (Lipinski definition) is 2. The maximum Gasteiger partial charge on any atom is 0.114 e. The van der Waals surface area contributed by atoms with E-state index in [2.05, 4.69) is 229 Å². The summed E-state index contributed by atoms with van der Waals surface area (Å²) in [5.41, 5.74) is 14.5. The summed E-state index contributed by atoms with van der Waals surface area (Å²) in [6.45, 7) is 5.02. The predicted octanol–water partition coefficient (Wildman–Crippen LogP) is 12.8. The molecule has 0 amide bonds. The molecule has 8 aromatic rings. The molecule has 2 nitrogen and oxygen atoms in total.